The summed E-state index contributed by atoms with van der Waals surface area (Å²) in [5, 5.41) is 2.53. The molecule has 0 saturated carbocycles. The van der Waals surface area contributed by atoms with Crippen molar-refractivity contribution >= 4 is 37.5 Å². The van der Waals surface area contributed by atoms with E-state index in [4.69, 9.17) is 0 Å². The molecular formula is C17H18BrFN2O3S. The van der Waals surface area contributed by atoms with E-state index in [1.807, 2.05) is 0 Å². The highest BCUT2D eigenvalue weighted by Crippen LogP contribution is 2.17. The lowest BCUT2D eigenvalue weighted by molar-refractivity contribution is -0.118. The summed E-state index contributed by atoms with van der Waals surface area (Å²) >= 11 is 3.24. The van der Waals surface area contributed by atoms with Gasteiger partial charge in [-0.25, -0.2) is 12.8 Å². The molecule has 0 bridgehead atoms. The van der Waals surface area contributed by atoms with Crippen LogP contribution in [0.25, 0.3) is 0 Å². The van der Waals surface area contributed by atoms with Crippen LogP contribution >= 0.6 is 15.9 Å². The number of carbonyl (C=O) groups is 1. The number of hydrogen-bond acceptors (Lipinski definition) is 3. The van der Waals surface area contributed by atoms with Crippen LogP contribution < -0.4 is 10.0 Å². The highest BCUT2D eigenvalue weighted by Gasteiger charge is 2.28. The molecule has 2 aromatic rings. The second-order valence-electron chi connectivity index (χ2n) is 5.80. The van der Waals surface area contributed by atoms with Gasteiger partial charge >= 0.3 is 0 Å². The Morgan fingerprint density at radius 1 is 1.12 bits per heavy atom. The Balaban J connectivity index is 2.19. The van der Waals surface area contributed by atoms with E-state index in [-0.39, 0.29) is 16.5 Å². The van der Waals surface area contributed by atoms with E-state index >= 15 is 0 Å². The minimum Gasteiger partial charge on any atom is -0.325 e. The van der Waals surface area contributed by atoms with Gasteiger partial charge in [0.2, 0.25) is 15.9 Å². The summed E-state index contributed by atoms with van der Waals surface area (Å²) in [6, 6.07) is 10.5. The Morgan fingerprint density at radius 3 is 2.32 bits per heavy atom. The normalized spacial score (nSPS) is 12.8. The van der Waals surface area contributed by atoms with Crippen molar-refractivity contribution in [2.24, 2.45) is 5.92 Å². The Kier molecular flexibility index (Phi) is 6.31. The van der Waals surface area contributed by atoms with Gasteiger partial charge in [-0.15, -0.1) is 0 Å². The van der Waals surface area contributed by atoms with E-state index in [0.29, 0.717) is 0 Å². The van der Waals surface area contributed by atoms with Gasteiger partial charge in [0.25, 0.3) is 0 Å². The third-order valence-electron chi connectivity index (χ3n) is 3.45. The second kappa shape index (κ2) is 8.07. The Labute approximate surface area is 154 Å². The van der Waals surface area contributed by atoms with Gasteiger partial charge in [-0.1, -0.05) is 35.8 Å². The quantitative estimate of drug-likeness (QED) is 0.738. The van der Waals surface area contributed by atoms with Crippen LogP contribution in [0.15, 0.2) is 57.9 Å². The van der Waals surface area contributed by atoms with Crippen molar-refractivity contribution in [2.75, 3.05) is 5.32 Å². The van der Waals surface area contributed by atoms with Gasteiger partial charge in [0, 0.05) is 10.2 Å². The zero-order valence-corrected chi connectivity index (χ0v) is 16.1. The molecular weight excluding hydrogens is 411 g/mol. The molecule has 0 spiro atoms. The summed E-state index contributed by atoms with van der Waals surface area (Å²) in [6.07, 6.45) is 0. The smallest absolute Gasteiger partial charge is 0.242 e. The first-order valence-electron chi connectivity index (χ1n) is 7.53. The predicted octanol–water partition coefficient (Wildman–Crippen LogP) is 3.53. The minimum atomic E-state index is -3.87. The average Bonchev–Trinajstić information content (AvgIpc) is 2.52. The first-order chi connectivity index (χ1) is 11.7. The topological polar surface area (TPSA) is 75.3 Å². The highest BCUT2D eigenvalue weighted by atomic mass is 79.9. The third kappa shape index (κ3) is 5.35. The zero-order chi connectivity index (χ0) is 18.6. The van der Waals surface area contributed by atoms with Gasteiger partial charge in [-0.2, -0.15) is 4.72 Å². The summed E-state index contributed by atoms with van der Waals surface area (Å²) in [6.45, 7) is 3.44. The van der Waals surface area contributed by atoms with E-state index in [1.165, 1.54) is 36.4 Å². The van der Waals surface area contributed by atoms with Crippen LogP contribution in [-0.2, 0) is 14.8 Å². The van der Waals surface area contributed by atoms with Crippen LogP contribution in [0.3, 0.4) is 0 Å². The van der Waals surface area contributed by atoms with Crippen LogP contribution in [0.4, 0.5) is 10.1 Å². The molecule has 5 nitrogen and oxygen atoms in total. The summed E-state index contributed by atoms with van der Waals surface area (Å²) in [4.78, 5) is 12.5. The fraction of sp³-hybridized carbons (Fsp3) is 0.235. The first-order valence-corrected chi connectivity index (χ1v) is 9.81. The average molecular weight is 429 g/mol. The van der Waals surface area contributed by atoms with Gasteiger partial charge < -0.3 is 5.32 Å². The monoisotopic (exact) mass is 428 g/mol. The van der Waals surface area contributed by atoms with Crippen LogP contribution in [0.1, 0.15) is 13.8 Å². The SMILES string of the molecule is CC(C)[C@H](NS(=O)(=O)c1ccc(Br)cc1)C(=O)Nc1cccc(F)c1. The molecule has 0 aromatic heterocycles. The molecule has 2 N–H and O–H groups in total. The maximum atomic E-state index is 13.2. The Morgan fingerprint density at radius 2 is 1.76 bits per heavy atom. The molecule has 0 aliphatic carbocycles. The first kappa shape index (κ1) is 19.6. The summed E-state index contributed by atoms with van der Waals surface area (Å²) in [5.41, 5.74) is 0.262. The molecule has 0 heterocycles. The molecule has 1 amide bonds. The standard InChI is InChI=1S/C17H18BrFN2O3S/c1-11(2)16(17(22)20-14-5-3-4-13(19)10-14)21-25(23,24)15-8-6-12(18)7-9-15/h3-11,16,21H,1-2H3,(H,20,22)/t16-/m0/s1. The van der Waals surface area contributed by atoms with Crippen LogP contribution in [0, 0.1) is 11.7 Å². The van der Waals surface area contributed by atoms with Gasteiger partial charge in [-0.05, 0) is 48.4 Å². The number of hydrogen-bond donors (Lipinski definition) is 2. The number of benzene rings is 2. The van der Waals surface area contributed by atoms with E-state index in [0.717, 1.165) is 4.47 Å². The van der Waals surface area contributed by atoms with Gasteiger partial charge in [0.05, 0.1) is 4.90 Å². The van der Waals surface area contributed by atoms with E-state index < -0.39 is 27.8 Å². The lowest BCUT2D eigenvalue weighted by Crippen LogP contribution is -2.47. The molecule has 8 heteroatoms. The van der Waals surface area contributed by atoms with E-state index in [9.17, 15) is 17.6 Å². The van der Waals surface area contributed by atoms with Crippen LogP contribution in [-0.4, -0.2) is 20.4 Å². The zero-order valence-electron chi connectivity index (χ0n) is 13.7. The minimum absolute atomic E-state index is 0.0555. The molecule has 134 valence electrons. The van der Waals surface area contributed by atoms with Crippen molar-refractivity contribution in [3.8, 4) is 0 Å². The molecule has 0 saturated heterocycles. The van der Waals surface area contributed by atoms with Crippen molar-refractivity contribution in [2.45, 2.75) is 24.8 Å². The van der Waals surface area contributed by atoms with Crippen molar-refractivity contribution in [1.82, 2.24) is 4.72 Å². The largest absolute Gasteiger partial charge is 0.325 e. The predicted molar refractivity (Wildman–Crippen MR) is 98.1 cm³/mol. The second-order valence-corrected chi connectivity index (χ2v) is 8.43. The number of amides is 1. The van der Waals surface area contributed by atoms with E-state index in [1.54, 1.807) is 26.0 Å². The van der Waals surface area contributed by atoms with Crippen molar-refractivity contribution in [3.05, 3.63) is 58.8 Å². The summed E-state index contributed by atoms with van der Waals surface area (Å²) in [7, 11) is -3.87. The maximum Gasteiger partial charge on any atom is 0.242 e. The number of sulfonamides is 1. The van der Waals surface area contributed by atoms with E-state index in [2.05, 4.69) is 26.0 Å². The van der Waals surface area contributed by atoms with Crippen molar-refractivity contribution in [3.63, 3.8) is 0 Å². The molecule has 2 rings (SSSR count). The number of halogens is 2. The Bertz CT molecular complexity index is 854. The molecule has 1 atom stereocenters. The number of rotatable bonds is 6. The Hall–Kier alpha value is -1.77. The van der Waals surface area contributed by atoms with Crippen molar-refractivity contribution in [1.29, 1.82) is 0 Å². The van der Waals surface area contributed by atoms with Crippen LogP contribution in [0.2, 0.25) is 0 Å². The number of carbonyl (C=O) groups excluding carboxylic acids is 1. The van der Waals surface area contributed by atoms with Crippen molar-refractivity contribution < 1.29 is 17.6 Å². The summed E-state index contributed by atoms with van der Waals surface area (Å²) < 4.78 is 41.4. The summed E-state index contributed by atoms with van der Waals surface area (Å²) in [5.74, 6) is -1.35. The van der Waals surface area contributed by atoms with Gasteiger partial charge in [0.15, 0.2) is 0 Å². The fourth-order valence-corrected chi connectivity index (χ4v) is 3.74. The lowest BCUT2D eigenvalue weighted by atomic mass is 10.0. The van der Waals surface area contributed by atoms with Gasteiger partial charge in [0.1, 0.15) is 11.9 Å². The molecule has 0 fully saturated rings. The third-order valence-corrected chi connectivity index (χ3v) is 5.43. The lowest BCUT2D eigenvalue weighted by Gasteiger charge is -2.21. The molecule has 0 radical (unpaired) electrons. The molecule has 0 unspecified atom stereocenters. The molecule has 0 aliphatic heterocycles. The number of anilines is 1. The van der Waals surface area contributed by atoms with Crippen LogP contribution in [0.5, 0.6) is 0 Å². The molecule has 0 aliphatic rings. The molecule has 2 aromatic carbocycles. The fourth-order valence-electron chi connectivity index (χ4n) is 2.13. The number of nitrogens with one attached hydrogen (secondary N) is 2. The van der Waals surface area contributed by atoms with Gasteiger partial charge in [-0.3, -0.25) is 4.79 Å². The highest BCUT2D eigenvalue weighted by molar-refractivity contribution is 9.10. The maximum absolute atomic E-state index is 13.2. The molecule has 25 heavy (non-hydrogen) atoms.